The normalized spacial score (nSPS) is 22.0. The van der Waals surface area contributed by atoms with Gasteiger partial charge in [-0.25, -0.2) is 0 Å². The summed E-state index contributed by atoms with van der Waals surface area (Å²) in [5, 5.41) is 4.56. The summed E-state index contributed by atoms with van der Waals surface area (Å²) in [5.41, 5.74) is 3.45. The minimum absolute atomic E-state index is 0.0952. The first-order chi connectivity index (χ1) is 17.8. The van der Waals surface area contributed by atoms with Gasteiger partial charge in [0.05, 0.1) is 17.5 Å². The number of carbonyl (C=O) groups excluding carboxylic acids is 1. The minimum Gasteiger partial charge on any atom is -0.360 e. The van der Waals surface area contributed by atoms with Crippen molar-refractivity contribution in [2.24, 2.45) is 5.41 Å². The Morgan fingerprint density at radius 1 is 0.946 bits per heavy atom. The standard InChI is InChI=1S/C28H36ClN7O/c1-27(2)8-13-34(14-9-27)17-20-3-5-21(6-4-20)36-18-23(37)33-28(19-36)10-15-35(16-11-28)25-22-7-12-30-24(22)31-26(29)32-25/h3-7,12H,8-11,13-19H2,1-2H3,(H,33,37)(H,30,31,32). The number of hydrogen-bond acceptors (Lipinski definition) is 6. The molecule has 0 radical (unpaired) electrons. The molecule has 5 heterocycles. The molecule has 0 atom stereocenters. The van der Waals surface area contributed by atoms with E-state index in [1.165, 1.54) is 18.4 Å². The summed E-state index contributed by atoms with van der Waals surface area (Å²) in [6, 6.07) is 10.8. The van der Waals surface area contributed by atoms with Crippen LogP contribution < -0.4 is 15.1 Å². The quantitative estimate of drug-likeness (QED) is 0.501. The van der Waals surface area contributed by atoms with Gasteiger partial charge < -0.3 is 20.1 Å². The van der Waals surface area contributed by atoms with E-state index in [0.717, 1.165) is 74.6 Å². The number of aromatic nitrogens is 3. The number of amides is 1. The van der Waals surface area contributed by atoms with E-state index in [0.29, 0.717) is 12.0 Å². The predicted molar refractivity (Wildman–Crippen MR) is 148 cm³/mol. The Hall–Kier alpha value is -2.84. The van der Waals surface area contributed by atoms with Crippen LogP contribution in [0.3, 0.4) is 0 Å². The van der Waals surface area contributed by atoms with E-state index in [9.17, 15) is 4.79 Å². The van der Waals surface area contributed by atoms with E-state index in [1.807, 2.05) is 12.3 Å². The van der Waals surface area contributed by atoms with Gasteiger partial charge in [0.25, 0.3) is 0 Å². The average molecular weight is 522 g/mol. The van der Waals surface area contributed by atoms with Gasteiger partial charge >= 0.3 is 0 Å². The maximum absolute atomic E-state index is 12.8. The molecular formula is C28H36ClN7O. The van der Waals surface area contributed by atoms with Gasteiger partial charge in [0.1, 0.15) is 11.5 Å². The second kappa shape index (κ2) is 9.48. The summed E-state index contributed by atoms with van der Waals surface area (Å²) in [6.07, 6.45) is 6.09. The molecule has 0 aliphatic carbocycles. The number of hydrogen-bond donors (Lipinski definition) is 2. The Labute approximate surface area is 223 Å². The van der Waals surface area contributed by atoms with Gasteiger partial charge in [-0.05, 0) is 79.6 Å². The van der Waals surface area contributed by atoms with Gasteiger partial charge in [-0.2, -0.15) is 9.97 Å². The van der Waals surface area contributed by atoms with E-state index in [4.69, 9.17) is 11.6 Å². The summed E-state index contributed by atoms with van der Waals surface area (Å²) in [4.78, 5) is 31.8. The fourth-order valence-electron chi connectivity index (χ4n) is 6.11. The molecule has 2 N–H and O–H groups in total. The Morgan fingerprint density at radius 2 is 1.68 bits per heavy atom. The molecule has 6 rings (SSSR count). The molecule has 37 heavy (non-hydrogen) atoms. The summed E-state index contributed by atoms with van der Waals surface area (Å²) in [6.45, 7) is 10.9. The number of benzene rings is 1. The number of likely N-dealkylation sites (tertiary alicyclic amines) is 1. The van der Waals surface area contributed by atoms with Crippen molar-refractivity contribution in [3.8, 4) is 0 Å². The molecule has 196 valence electrons. The number of rotatable bonds is 4. The first-order valence-electron chi connectivity index (χ1n) is 13.4. The van der Waals surface area contributed by atoms with E-state index in [-0.39, 0.29) is 16.7 Å². The van der Waals surface area contributed by atoms with Crippen LogP contribution in [0, 0.1) is 5.41 Å². The zero-order valence-corrected chi connectivity index (χ0v) is 22.5. The Balaban J connectivity index is 1.11. The molecule has 9 heteroatoms. The van der Waals surface area contributed by atoms with Crippen LogP contribution in [0.4, 0.5) is 11.5 Å². The highest BCUT2D eigenvalue weighted by atomic mass is 35.5. The van der Waals surface area contributed by atoms with Crippen LogP contribution in [0.2, 0.25) is 5.28 Å². The van der Waals surface area contributed by atoms with Gasteiger partial charge in [0.15, 0.2) is 0 Å². The van der Waals surface area contributed by atoms with Crippen molar-refractivity contribution >= 4 is 40.0 Å². The number of piperidine rings is 2. The number of fused-ring (bicyclic) bond motifs is 1. The molecule has 2 aromatic heterocycles. The molecule has 0 unspecified atom stereocenters. The fraction of sp³-hybridized carbons (Fsp3) is 0.536. The highest BCUT2D eigenvalue weighted by Crippen LogP contribution is 2.34. The predicted octanol–water partition coefficient (Wildman–Crippen LogP) is 4.21. The van der Waals surface area contributed by atoms with Crippen molar-refractivity contribution in [1.82, 2.24) is 25.2 Å². The number of anilines is 2. The van der Waals surface area contributed by atoms with Crippen molar-refractivity contribution in [3.63, 3.8) is 0 Å². The monoisotopic (exact) mass is 521 g/mol. The molecule has 1 aromatic carbocycles. The Morgan fingerprint density at radius 3 is 2.41 bits per heavy atom. The van der Waals surface area contributed by atoms with Gasteiger partial charge in [0.2, 0.25) is 11.2 Å². The zero-order chi connectivity index (χ0) is 25.6. The molecule has 3 aliphatic rings. The maximum atomic E-state index is 12.8. The molecule has 1 spiro atoms. The van der Waals surface area contributed by atoms with Crippen molar-refractivity contribution in [2.75, 3.05) is 49.1 Å². The van der Waals surface area contributed by atoms with Gasteiger partial charge in [-0.15, -0.1) is 0 Å². The largest absolute Gasteiger partial charge is 0.360 e. The lowest BCUT2D eigenvalue weighted by atomic mass is 9.82. The van der Waals surface area contributed by atoms with E-state index in [2.05, 4.69) is 73.1 Å². The first-order valence-corrected chi connectivity index (χ1v) is 13.8. The molecule has 0 bridgehead atoms. The third kappa shape index (κ3) is 5.14. The van der Waals surface area contributed by atoms with Crippen molar-refractivity contribution in [1.29, 1.82) is 0 Å². The fourth-order valence-corrected chi connectivity index (χ4v) is 6.27. The van der Waals surface area contributed by atoms with Crippen molar-refractivity contribution < 1.29 is 4.79 Å². The molecule has 3 aliphatic heterocycles. The average Bonchev–Trinajstić information content (AvgIpc) is 3.34. The van der Waals surface area contributed by atoms with Crippen LogP contribution in [0.5, 0.6) is 0 Å². The third-order valence-electron chi connectivity index (χ3n) is 8.54. The second-order valence-corrected chi connectivity index (χ2v) is 12.2. The van der Waals surface area contributed by atoms with Crippen LogP contribution in [-0.4, -0.2) is 70.6 Å². The van der Waals surface area contributed by atoms with Crippen LogP contribution in [0.15, 0.2) is 36.5 Å². The van der Waals surface area contributed by atoms with E-state index in [1.54, 1.807) is 0 Å². The summed E-state index contributed by atoms with van der Waals surface area (Å²) < 4.78 is 0. The molecule has 0 saturated carbocycles. The Kier molecular flexibility index (Phi) is 6.27. The van der Waals surface area contributed by atoms with Gasteiger partial charge in [-0.1, -0.05) is 26.0 Å². The highest BCUT2D eigenvalue weighted by Gasteiger charge is 2.41. The maximum Gasteiger partial charge on any atom is 0.240 e. The summed E-state index contributed by atoms with van der Waals surface area (Å²) in [5.74, 6) is 0.954. The number of nitrogens with zero attached hydrogens (tertiary/aromatic N) is 5. The zero-order valence-electron chi connectivity index (χ0n) is 21.8. The van der Waals surface area contributed by atoms with Gasteiger partial charge in [-0.3, -0.25) is 9.69 Å². The van der Waals surface area contributed by atoms with Crippen LogP contribution in [-0.2, 0) is 11.3 Å². The topological polar surface area (TPSA) is 80.4 Å². The number of piperazine rings is 1. The summed E-state index contributed by atoms with van der Waals surface area (Å²) >= 11 is 6.19. The lowest BCUT2D eigenvalue weighted by Gasteiger charge is -2.48. The van der Waals surface area contributed by atoms with E-state index >= 15 is 0 Å². The smallest absolute Gasteiger partial charge is 0.240 e. The molecule has 8 nitrogen and oxygen atoms in total. The van der Waals surface area contributed by atoms with Gasteiger partial charge in [0, 0.05) is 38.1 Å². The van der Waals surface area contributed by atoms with Crippen LogP contribution >= 0.6 is 11.6 Å². The van der Waals surface area contributed by atoms with Crippen molar-refractivity contribution in [3.05, 3.63) is 47.4 Å². The molecule has 3 saturated heterocycles. The molecule has 3 aromatic rings. The lowest BCUT2D eigenvalue weighted by Crippen LogP contribution is -2.66. The Bertz CT molecular complexity index is 1270. The number of nitrogens with one attached hydrogen (secondary N) is 2. The molecule has 1 amide bonds. The third-order valence-corrected chi connectivity index (χ3v) is 8.71. The number of carbonyl (C=O) groups is 1. The van der Waals surface area contributed by atoms with Crippen molar-refractivity contribution in [2.45, 2.75) is 51.6 Å². The van der Waals surface area contributed by atoms with Crippen LogP contribution in [0.25, 0.3) is 11.0 Å². The summed E-state index contributed by atoms with van der Waals surface area (Å²) in [7, 11) is 0. The lowest BCUT2D eigenvalue weighted by molar-refractivity contribution is -0.123. The van der Waals surface area contributed by atoms with Crippen LogP contribution in [0.1, 0.15) is 45.1 Å². The molecular weight excluding hydrogens is 486 g/mol. The SMILES string of the molecule is CC1(C)CCN(Cc2ccc(N3CC(=O)NC4(CCN(c5nc(Cl)nc6[nH]ccc56)CC4)C3)cc2)CC1. The highest BCUT2D eigenvalue weighted by molar-refractivity contribution is 6.28. The second-order valence-electron chi connectivity index (χ2n) is 11.8. The minimum atomic E-state index is -0.237. The van der Waals surface area contributed by atoms with E-state index < -0.39 is 0 Å². The molecule has 3 fully saturated rings. The number of halogens is 1. The number of aromatic amines is 1. The number of H-pyrrole nitrogens is 1. The first kappa shape index (κ1) is 24.5.